The normalized spacial score (nSPS) is 29.5. The summed E-state index contributed by atoms with van der Waals surface area (Å²) in [7, 11) is 0. The van der Waals surface area contributed by atoms with Crippen molar-refractivity contribution in [2.45, 2.75) is 64.1 Å². The third-order valence-corrected chi connectivity index (χ3v) is 3.68. The number of amides is 1. The molecular weight excluding hydrogens is 202 g/mol. The molecule has 16 heavy (non-hydrogen) atoms. The lowest BCUT2D eigenvalue weighted by Crippen LogP contribution is -2.49. The van der Waals surface area contributed by atoms with Gasteiger partial charge in [0.25, 0.3) is 0 Å². The van der Waals surface area contributed by atoms with Crippen LogP contribution in [0.5, 0.6) is 0 Å². The predicted octanol–water partition coefficient (Wildman–Crippen LogP) is 0.746. The summed E-state index contributed by atoms with van der Waals surface area (Å²) in [5.74, 6) is 0.237. The van der Waals surface area contributed by atoms with Crippen molar-refractivity contribution in [1.82, 2.24) is 5.32 Å². The fourth-order valence-electron chi connectivity index (χ4n) is 2.07. The first-order valence-corrected chi connectivity index (χ1v) is 6.36. The maximum Gasteiger partial charge on any atom is 0.237 e. The molecule has 94 valence electrons. The van der Waals surface area contributed by atoms with Crippen LogP contribution in [-0.2, 0) is 4.79 Å². The van der Waals surface area contributed by atoms with Crippen molar-refractivity contribution in [3.05, 3.63) is 0 Å². The van der Waals surface area contributed by atoms with Crippen molar-refractivity contribution in [1.29, 1.82) is 0 Å². The number of carbonyl (C=O) groups excluding carboxylic acids is 1. The van der Waals surface area contributed by atoms with Crippen LogP contribution in [-0.4, -0.2) is 24.0 Å². The first-order valence-electron chi connectivity index (χ1n) is 6.36. The highest BCUT2D eigenvalue weighted by Crippen LogP contribution is 2.17. The molecule has 1 amide bonds. The topological polar surface area (TPSA) is 81.1 Å². The average molecular weight is 227 g/mol. The van der Waals surface area contributed by atoms with Gasteiger partial charge in [0.1, 0.15) is 0 Å². The molecule has 4 nitrogen and oxygen atoms in total. The fraction of sp³-hybridized carbons (Fsp3) is 0.917. The maximum atomic E-state index is 11.8. The largest absolute Gasteiger partial charge is 0.352 e. The quantitative estimate of drug-likeness (QED) is 0.663. The summed E-state index contributed by atoms with van der Waals surface area (Å²) < 4.78 is 0. The van der Waals surface area contributed by atoms with E-state index in [2.05, 4.69) is 12.2 Å². The molecule has 0 aromatic heterocycles. The Morgan fingerprint density at radius 1 is 1.38 bits per heavy atom. The molecule has 1 aliphatic rings. The molecule has 5 N–H and O–H groups in total. The van der Waals surface area contributed by atoms with E-state index >= 15 is 0 Å². The van der Waals surface area contributed by atoms with E-state index in [-0.39, 0.29) is 23.9 Å². The number of carbonyl (C=O) groups is 1. The minimum Gasteiger partial charge on any atom is -0.352 e. The van der Waals surface area contributed by atoms with Gasteiger partial charge in [-0.3, -0.25) is 4.79 Å². The molecule has 0 aromatic carbocycles. The van der Waals surface area contributed by atoms with Crippen molar-refractivity contribution in [3.63, 3.8) is 0 Å². The number of hydrogen-bond acceptors (Lipinski definition) is 3. The van der Waals surface area contributed by atoms with Gasteiger partial charge in [0.15, 0.2) is 0 Å². The van der Waals surface area contributed by atoms with Gasteiger partial charge < -0.3 is 16.8 Å². The number of hydrogen-bond donors (Lipinski definition) is 3. The van der Waals surface area contributed by atoms with E-state index in [1.807, 2.05) is 6.92 Å². The second kappa shape index (κ2) is 6.21. The van der Waals surface area contributed by atoms with Crippen LogP contribution in [0.1, 0.15) is 46.0 Å². The molecule has 1 fully saturated rings. The molecular formula is C12H25N3O. The van der Waals surface area contributed by atoms with Gasteiger partial charge in [-0.1, -0.05) is 20.3 Å². The number of nitrogens with two attached hydrogens (primary N) is 2. The van der Waals surface area contributed by atoms with Crippen LogP contribution in [0.25, 0.3) is 0 Å². The monoisotopic (exact) mass is 227 g/mol. The van der Waals surface area contributed by atoms with E-state index in [4.69, 9.17) is 11.5 Å². The Kier molecular flexibility index (Phi) is 5.22. The Hall–Kier alpha value is -0.610. The SMILES string of the molecule is CCC(C)[C@H](N)C(=O)NC1CCC(N)CC1. The van der Waals surface area contributed by atoms with Crippen molar-refractivity contribution in [2.75, 3.05) is 0 Å². The van der Waals surface area contributed by atoms with Crippen molar-refractivity contribution in [2.24, 2.45) is 17.4 Å². The Bertz CT molecular complexity index is 224. The van der Waals surface area contributed by atoms with E-state index in [0.29, 0.717) is 6.04 Å². The summed E-state index contributed by atoms with van der Waals surface area (Å²) in [5.41, 5.74) is 11.7. The molecule has 1 aliphatic carbocycles. The molecule has 0 saturated heterocycles. The molecule has 0 aromatic rings. The van der Waals surface area contributed by atoms with Crippen molar-refractivity contribution < 1.29 is 4.79 Å². The molecule has 1 rings (SSSR count). The van der Waals surface area contributed by atoms with Gasteiger partial charge in [-0.25, -0.2) is 0 Å². The first-order chi connectivity index (χ1) is 7.54. The lowest BCUT2D eigenvalue weighted by molar-refractivity contribution is -0.124. The zero-order chi connectivity index (χ0) is 12.1. The van der Waals surface area contributed by atoms with Gasteiger partial charge in [-0.15, -0.1) is 0 Å². The highest BCUT2D eigenvalue weighted by molar-refractivity contribution is 5.82. The zero-order valence-corrected chi connectivity index (χ0v) is 10.4. The third kappa shape index (κ3) is 3.76. The lowest BCUT2D eigenvalue weighted by Gasteiger charge is -2.28. The summed E-state index contributed by atoms with van der Waals surface area (Å²) in [4.78, 5) is 11.8. The van der Waals surface area contributed by atoms with E-state index < -0.39 is 0 Å². The number of rotatable bonds is 4. The third-order valence-electron chi connectivity index (χ3n) is 3.68. The average Bonchev–Trinajstić information content (AvgIpc) is 2.30. The van der Waals surface area contributed by atoms with Gasteiger partial charge in [-0.2, -0.15) is 0 Å². The summed E-state index contributed by atoms with van der Waals surface area (Å²) >= 11 is 0. The maximum absolute atomic E-state index is 11.8. The van der Waals surface area contributed by atoms with Gasteiger partial charge in [0, 0.05) is 12.1 Å². The van der Waals surface area contributed by atoms with Crippen LogP contribution in [0.2, 0.25) is 0 Å². The highest BCUT2D eigenvalue weighted by atomic mass is 16.2. The molecule has 1 saturated carbocycles. The second-order valence-electron chi connectivity index (χ2n) is 5.03. The van der Waals surface area contributed by atoms with Crippen LogP contribution in [0.4, 0.5) is 0 Å². The van der Waals surface area contributed by atoms with Crippen LogP contribution in [0, 0.1) is 5.92 Å². The summed E-state index contributed by atoms with van der Waals surface area (Å²) in [6.07, 6.45) is 4.91. The summed E-state index contributed by atoms with van der Waals surface area (Å²) in [6, 6.07) is 0.222. The van der Waals surface area contributed by atoms with E-state index in [1.54, 1.807) is 0 Å². The molecule has 1 unspecified atom stereocenters. The molecule has 4 heteroatoms. The van der Waals surface area contributed by atoms with Crippen LogP contribution < -0.4 is 16.8 Å². The number of nitrogens with one attached hydrogen (secondary N) is 1. The van der Waals surface area contributed by atoms with Gasteiger partial charge in [0.05, 0.1) is 6.04 Å². The fourth-order valence-corrected chi connectivity index (χ4v) is 2.07. The minimum absolute atomic E-state index is 0.00479. The Morgan fingerprint density at radius 2 is 1.94 bits per heavy atom. The van der Waals surface area contributed by atoms with Crippen LogP contribution in [0.3, 0.4) is 0 Å². The van der Waals surface area contributed by atoms with E-state index in [1.165, 1.54) is 0 Å². The van der Waals surface area contributed by atoms with Crippen LogP contribution >= 0.6 is 0 Å². The Labute approximate surface area is 98.1 Å². The van der Waals surface area contributed by atoms with Crippen molar-refractivity contribution in [3.8, 4) is 0 Å². The van der Waals surface area contributed by atoms with Gasteiger partial charge in [0.2, 0.25) is 5.91 Å². The molecule has 0 aliphatic heterocycles. The first kappa shape index (κ1) is 13.5. The van der Waals surface area contributed by atoms with E-state index in [9.17, 15) is 4.79 Å². The second-order valence-corrected chi connectivity index (χ2v) is 5.03. The predicted molar refractivity (Wildman–Crippen MR) is 65.8 cm³/mol. The van der Waals surface area contributed by atoms with Crippen molar-refractivity contribution >= 4 is 5.91 Å². The summed E-state index contributed by atoms with van der Waals surface area (Å²) in [5, 5.41) is 3.03. The molecule has 2 atom stereocenters. The van der Waals surface area contributed by atoms with Crippen LogP contribution in [0.15, 0.2) is 0 Å². The van der Waals surface area contributed by atoms with Gasteiger partial charge in [-0.05, 0) is 31.6 Å². The molecule has 0 bridgehead atoms. The molecule has 0 spiro atoms. The lowest BCUT2D eigenvalue weighted by atomic mass is 9.91. The smallest absolute Gasteiger partial charge is 0.237 e. The minimum atomic E-state index is -0.374. The Balaban J connectivity index is 2.33. The zero-order valence-electron chi connectivity index (χ0n) is 10.4. The summed E-state index contributed by atoms with van der Waals surface area (Å²) in [6.45, 7) is 4.07. The Morgan fingerprint density at radius 3 is 2.44 bits per heavy atom. The van der Waals surface area contributed by atoms with Gasteiger partial charge >= 0.3 is 0 Å². The standard InChI is InChI=1S/C12H25N3O/c1-3-8(2)11(14)12(16)15-10-6-4-9(13)5-7-10/h8-11H,3-7,13-14H2,1-2H3,(H,15,16)/t8?,9?,10?,11-/m0/s1. The van der Waals surface area contributed by atoms with E-state index in [0.717, 1.165) is 32.1 Å². The molecule has 0 radical (unpaired) electrons. The molecule has 0 heterocycles. The highest BCUT2D eigenvalue weighted by Gasteiger charge is 2.24.